The second kappa shape index (κ2) is 8.13. The highest BCUT2D eigenvalue weighted by Crippen LogP contribution is 2.46. The fourth-order valence-electron chi connectivity index (χ4n) is 2.66. The fraction of sp³-hybridized carbons (Fsp3) is 0.0952. The summed E-state index contributed by atoms with van der Waals surface area (Å²) in [6.45, 7) is 0.125. The number of methoxy groups -OCH3 is 1. The largest absolute Gasteiger partial charge is 0.468 e. The van der Waals surface area contributed by atoms with Gasteiger partial charge >= 0.3 is 0 Å². The summed E-state index contributed by atoms with van der Waals surface area (Å²) in [5.41, 5.74) is -0.0148. The number of hydrogen-bond donors (Lipinski definition) is 0. The Labute approximate surface area is 152 Å². The average Bonchev–Trinajstić information content (AvgIpc) is 2.73. The average molecular weight is 366 g/mol. The van der Waals surface area contributed by atoms with Gasteiger partial charge in [-0.1, -0.05) is 60.7 Å². The maximum Gasteiger partial charge on any atom is 0.230 e. The molecule has 0 amide bonds. The summed E-state index contributed by atoms with van der Waals surface area (Å²) >= 11 is 0. The van der Waals surface area contributed by atoms with Gasteiger partial charge in [-0.3, -0.25) is 4.79 Å². The zero-order valence-corrected chi connectivity index (χ0v) is 15.3. The molecule has 3 aromatic rings. The van der Waals surface area contributed by atoms with E-state index in [2.05, 4.69) is 0 Å². The number of benzene rings is 3. The number of ether oxygens (including phenoxy) is 2. The molecular formula is C21H19O4P. The van der Waals surface area contributed by atoms with Gasteiger partial charge < -0.3 is 14.0 Å². The number of carbonyl (C=O) groups is 1. The van der Waals surface area contributed by atoms with Gasteiger partial charge in [0.25, 0.3) is 0 Å². The van der Waals surface area contributed by atoms with Gasteiger partial charge in [0.1, 0.15) is 5.75 Å². The van der Waals surface area contributed by atoms with E-state index in [1.807, 2.05) is 12.1 Å². The van der Waals surface area contributed by atoms with Gasteiger partial charge in [0.05, 0.1) is 0 Å². The van der Waals surface area contributed by atoms with Crippen LogP contribution in [0.25, 0.3) is 0 Å². The Bertz CT molecular complexity index is 862. The van der Waals surface area contributed by atoms with Crippen molar-refractivity contribution in [3.8, 4) is 5.75 Å². The summed E-state index contributed by atoms with van der Waals surface area (Å²) in [5.74, 6) is 0.581. The Morgan fingerprint density at radius 3 is 1.77 bits per heavy atom. The Hall–Kier alpha value is -2.68. The van der Waals surface area contributed by atoms with Crippen molar-refractivity contribution < 1.29 is 18.8 Å². The predicted molar refractivity (Wildman–Crippen MR) is 103 cm³/mol. The Kier molecular flexibility index (Phi) is 5.67. The number of carbonyl (C=O) groups excluding carboxylic acids is 1. The van der Waals surface area contributed by atoms with Crippen LogP contribution in [0.3, 0.4) is 0 Å². The molecule has 0 unspecified atom stereocenters. The highest BCUT2D eigenvalue weighted by molar-refractivity contribution is 7.93. The van der Waals surface area contributed by atoms with E-state index in [9.17, 15) is 9.36 Å². The summed E-state index contributed by atoms with van der Waals surface area (Å²) < 4.78 is 24.2. The third-order valence-corrected chi connectivity index (χ3v) is 6.85. The van der Waals surface area contributed by atoms with Crippen molar-refractivity contribution in [1.82, 2.24) is 0 Å². The summed E-state index contributed by atoms with van der Waals surface area (Å²) in [5, 5.41) is 1.05. The number of hydrogen-bond acceptors (Lipinski definition) is 4. The summed E-state index contributed by atoms with van der Waals surface area (Å²) in [7, 11) is -1.94. The first-order valence-corrected chi connectivity index (χ1v) is 9.85. The summed E-state index contributed by atoms with van der Waals surface area (Å²) in [4.78, 5) is 13.3. The molecule has 0 saturated heterocycles. The molecule has 0 N–H and O–H groups in total. The molecule has 5 heteroatoms. The van der Waals surface area contributed by atoms with Crippen LogP contribution in [0.4, 0.5) is 0 Å². The van der Waals surface area contributed by atoms with Crippen LogP contribution in [-0.2, 0) is 9.30 Å². The second-order valence-electron chi connectivity index (χ2n) is 5.66. The molecule has 0 bridgehead atoms. The van der Waals surface area contributed by atoms with Crippen molar-refractivity contribution in [2.45, 2.75) is 0 Å². The monoisotopic (exact) mass is 366 g/mol. The molecule has 0 atom stereocenters. The first-order chi connectivity index (χ1) is 12.7. The van der Waals surface area contributed by atoms with Crippen LogP contribution in [0.2, 0.25) is 0 Å². The van der Waals surface area contributed by atoms with E-state index >= 15 is 0 Å². The molecule has 3 aromatic carbocycles. The molecule has 0 fully saturated rings. The zero-order valence-electron chi connectivity index (χ0n) is 14.4. The lowest BCUT2D eigenvalue weighted by Crippen LogP contribution is -2.22. The third-order valence-electron chi connectivity index (χ3n) is 3.97. The molecule has 0 radical (unpaired) electrons. The molecule has 0 aliphatic rings. The highest BCUT2D eigenvalue weighted by Gasteiger charge is 2.36. The molecule has 0 spiro atoms. The Morgan fingerprint density at radius 2 is 1.31 bits per heavy atom. The van der Waals surface area contributed by atoms with Crippen LogP contribution in [0.1, 0.15) is 10.4 Å². The molecule has 0 aliphatic heterocycles. The van der Waals surface area contributed by atoms with Crippen molar-refractivity contribution in [1.29, 1.82) is 0 Å². The van der Waals surface area contributed by atoms with Gasteiger partial charge in [-0.25, -0.2) is 0 Å². The molecule has 4 nitrogen and oxygen atoms in total. The van der Waals surface area contributed by atoms with E-state index in [1.165, 1.54) is 7.11 Å². The SMILES string of the molecule is COCOc1ccc(C(=O)P(=O)(c2ccccc2)c2ccccc2)cc1. The van der Waals surface area contributed by atoms with Crippen LogP contribution in [-0.4, -0.2) is 19.4 Å². The van der Waals surface area contributed by atoms with Gasteiger partial charge in [0.15, 0.2) is 6.79 Å². The maximum atomic E-state index is 14.0. The lowest BCUT2D eigenvalue weighted by Gasteiger charge is -2.18. The van der Waals surface area contributed by atoms with Crippen LogP contribution >= 0.6 is 7.14 Å². The zero-order chi connectivity index (χ0) is 18.4. The van der Waals surface area contributed by atoms with E-state index in [4.69, 9.17) is 9.47 Å². The first-order valence-electron chi connectivity index (χ1n) is 8.14. The Morgan fingerprint density at radius 1 is 0.808 bits per heavy atom. The minimum absolute atomic E-state index is 0.125. The van der Waals surface area contributed by atoms with Crippen molar-refractivity contribution >= 4 is 23.3 Å². The molecule has 0 heterocycles. The maximum absolute atomic E-state index is 14.0. The van der Waals surface area contributed by atoms with Gasteiger partial charge in [0, 0.05) is 23.3 Å². The van der Waals surface area contributed by atoms with E-state index < -0.39 is 12.7 Å². The van der Waals surface area contributed by atoms with Crippen LogP contribution in [0, 0.1) is 0 Å². The molecular weight excluding hydrogens is 347 g/mol. The molecule has 0 saturated carbocycles. The van der Waals surface area contributed by atoms with Gasteiger partial charge in [-0.05, 0) is 24.3 Å². The topological polar surface area (TPSA) is 52.6 Å². The Balaban J connectivity index is 2.03. The second-order valence-corrected chi connectivity index (χ2v) is 8.32. The smallest absolute Gasteiger partial charge is 0.230 e. The normalized spacial score (nSPS) is 11.1. The standard InChI is InChI=1S/C21H19O4P/c1-24-16-25-18-14-12-17(13-15-18)21(22)26(23,19-8-4-2-5-9-19)20-10-6-3-7-11-20/h2-15H,16H2,1H3. The van der Waals surface area contributed by atoms with Crippen molar-refractivity contribution in [2.24, 2.45) is 0 Å². The van der Waals surface area contributed by atoms with Crippen LogP contribution < -0.4 is 15.3 Å². The van der Waals surface area contributed by atoms with Crippen LogP contribution in [0.5, 0.6) is 5.75 Å². The predicted octanol–water partition coefficient (Wildman–Crippen LogP) is 3.82. The number of rotatable bonds is 7. The van der Waals surface area contributed by atoms with E-state index in [-0.39, 0.29) is 6.79 Å². The third kappa shape index (κ3) is 3.62. The van der Waals surface area contributed by atoms with E-state index in [0.29, 0.717) is 21.9 Å². The van der Waals surface area contributed by atoms with Gasteiger partial charge in [-0.2, -0.15) is 0 Å². The van der Waals surface area contributed by atoms with Gasteiger partial charge in [0.2, 0.25) is 12.7 Å². The van der Waals surface area contributed by atoms with Crippen molar-refractivity contribution in [3.63, 3.8) is 0 Å². The quantitative estimate of drug-likeness (QED) is 0.471. The summed E-state index contributed by atoms with van der Waals surface area (Å²) in [6.07, 6.45) is 0. The van der Waals surface area contributed by atoms with Crippen molar-refractivity contribution in [3.05, 3.63) is 90.5 Å². The molecule has 0 aromatic heterocycles. The lowest BCUT2D eigenvalue weighted by molar-refractivity contribution is 0.0511. The van der Waals surface area contributed by atoms with Crippen molar-refractivity contribution in [2.75, 3.05) is 13.9 Å². The lowest BCUT2D eigenvalue weighted by atomic mass is 10.2. The van der Waals surface area contributed by atoms with E-state index in [0.717, 1.165) is 0 Å². The van der Waals surface area contributed by atoms with Gasteiger partial charge in [-0.15, -0.1) is 0 Å². The van der Waals surface area contributed by atoms with Crippen LogP contribution in [0.15, 0.2) is 84.9 Å². The highest BCUT2D eigenvalue weighted by atomic mass is 31.2. The molecule has 3 rings (SSSR count). The molecule has 26 heavy (non-hydrogen) atoms. The summed E-state index contributed by atoms with van der Waals surface area (Å²) in [6, 6.07) is 24.4. The molecule has 0 aliphatic carbocycles. The first kappa shape index (κ1) is 18.1. The van der Waals surface area contributed by atoms with E-state index in [1.54, 1.807) is 72.8 Å². The molecule has 132 valence electrons. The minimum Gasteiger partial charge on any atom is -0.468 e. The minimum atomic E-state index is -3.48. The fourth-order valence-corrected chi connectivity index (χ4v) is 5.13.